The summed E-state index contributed by atoms with van der Waals surface area (Å²) in [5.74, 6) is -0.731. The molecule has 0 heterocycles. The quantitative estimate of drug-likeness (QED) is 0.854. The zero-order chi connectivity index (χ0) is 14.3. The van der Waals surface area contributed by atoms with E-state index in [-0.39, 0.29) is 12.5 Å². The molecule has 6 nitrogen and oxygen atoms in total. The minimum atomic E-state index is -0.834. The highest BCUT2D eigenvalue weighted by atomic mass is 16.5. The lowest BCUT2D eigenvalue weighted by Gasteiger charge is -2.18. The number of hydrogen-bond acceptors (Lipinski definition) is 4. The zero-order valence-corrected chi connectivity index (χ0v) is 10.8. The van der Waals surface area contributed by atoms with Crippen LogP contribution in [0, 0.1) is 0 Å². The summed E-state index contributed by atoms with van der Waals surface area (Å²) in [7, 11) is 0. The summed E-state index contributed by atoms with van der Waals surface area (Å²) in [6.07, 6.45) is -0.834. The van der Waals surface area contributed by atoms with E-state index >= 15 is 0 Å². The highest BCUT2D eigenvalue weighted by Crippen LogP contribution is 2.12. The Morgan fingerprint density at radius 1 is 1.11 bits per heavy atom. The molecule has 2 N–H and O–H groups in total. The van der Waals surface area contributed by atoms with Crippen LogP contribution in [0.3, 0.4) is 0 Å². The fourth-order valence-electron chi connectivity index (χ4n) is 1.49. The molecule has 0 aromatic heterocycles. The van der Waals surface area contributed by atoms with E-state index in [4.69, 9.17) is 4.74 Å². The fraction of sp³-hybridized carbons (Fsp3) is 0.308. The fourth-order valence-corrected chi connectivity index (χ4v) is 1.49. The Morgan fingerprint density at radius 3 is 2.26 bits per heavy atom. The first-order chi connectivity index (χ1) is 8.99. The second kappa shape index (κ2) is 7.15. The Balaban J connectivity index is 2.63. The van der Waals surface area contributed by atoms with Crippen LogP contribution in [0.1, 0.15) is 25.5 Å². The molecule has 102 valence electrons. The first-order valence-electron chi connectivity index (χ1n) is 5.75. The van der Waals surface area contributed by atoms with Gasteiger partial charge in [0.25, 0.3) is 0 Å². The summed E-state index contributed by atoms with van der Waals surface area (Å²) in [5.41, 5.74) is 0.813. The lowest BCUT2D eigenvalue weighted by molar-refractivity contribution is -0.120. The average molecular weight is 264 g/mol. The summed E-state index contributed by atoms with van der Waals surface area (Å²) in [6.45, 7) is 2.54. The van der Waals surface area contributed by atoms with Gasteiger partial charge in [0.15, 0.2) is 0 Å². The molecule has 0 fully saturated rings. The molecule has 6 heteroatoms. The summed E-state index contributed by atoms with van der Waals surface area (Å²) in [6, 6.07) is 8.66. The van der Waals surface area contributed by atoms with E-state index in [9.17, 15) is 14.4 Å². The van der Waals surface area contributed by atoms with Gasteiger partial charge in [-0.05, 0) is 5.56 Å². The van der Waals surface area contributed by atoms with Gasteiger partial charge in [-0.1, -0.05) is 30.3 Å². The molecule has 1 aromatic rings. The maximum Gasteiger partial charge on any atom is 0.413 e. The van der Waals surface area contributed by atoms with E-state index in [0.717, 1.165) is 5.56 Å². The summed E-state index contributed by atoms with van der Waals surface area (Å²) in [4.78, 5) is 33.0. The van der Waals surface area contributed by atoms with Gasteiger partial charge in [0.2, 0.25) is 11.8 Å². The molecule has 1 unspecified atom stereocenters. The van der Waals surface area contributed by atoms with Crippen LogP contribution in [0.25, 0.3) is 0 Å². The molecule has 1 aromatic carbocycles. The van der Waals surface area contributed by atoms with E-state index < -0.39 is 18.0 Å². The van der Waals surface area contributed by atoms with Crippen molar-refractivity contribution in [3.05, 3.63) is 35.9 Å². The predicted molar refractivity (Wildman–Crippen MR) is 68.2 cm³/mol. The summed E-state index contributed by atoms with van der Waals surface area (Å²) in [5, 5.41) is 4.67. The van der Waals surface area contributed by atoms with Gasteiger partial charge in [-0.15, -0.1) is 0 Å². The number of imide groups is 1. The van der Waals surface area contributed by atoms with Gasteiger partial charge in [0, 0.05) is 13.8 Å². The number of hydrogen-bond donors (Lipinski definition) is 2. The number of amides is 3. The largest absolute Gasteiger partial charge is 0.447 e. The molecule has 1 rings (SSSR count). The summed E-state index contributed by atoms with van der Waals surface area (Å²) >= 11 is 0. The lowest BCUT2D eigenvalue weighted by Crippen LogP contribution is -2.34. The SMILES string of the molecule is CC(=O)NC(=O)OCC(NC(C)=O)c1ccccc1. The molecule has 0 saturated carbocycles. The van der Waals surface area contributed by atoms with Gasteiger partial charge >= 0.3 is 6.09 Å². The van der Waals surface area contributed by atoms with Crippen molar-refractivity contribution in [1.29, 1.82) is 0 Å². The van der Waals surface area contributed by atoms with Gasteiger partial charge in [-0.2, -0.15) is 0 Å². The van der Waals surface area contributed by atoms with Crippen molar-refractivity contribution in [2.75, 3.05) is 6.61 Å². The van der Waals surface area contributed by atoms with Crippen LogP contribution >= 0.6 is 0 Å². The second-order valence-corrected chi connectivity index (χ2v) is 3.94. The molecule has 0 aliphatic carbocycles. The Morgan fingerprint density at radius 2 is 1.74 bits per heavy atom. The van der Waals surface area contributed by atoms with Crippen LogP contribution in [0.2, 0.25) is 0 Å². The van der Waals surface area contributed by atoms with Gasteiger partial charge < -0.3 is 10.1 Å². The topological polar surface area (TPSA) is 84.5 Å². The smallest absolute Gasteiger partial charge is 0.413 e. The number of rotatable bonds is 4. The van der Waals surface area contributed by atoms with Crippen molar-refractivity contribution in [3.8, 4) is 0 Å². The maximum absolute atomic E-state index is 11.2. The normalized spacial score (nSPS) is 11.3. The van der Waals surface area contributed by atoms with Crippen LogP contribution < -0.4 is 10.6 Å². The van der Waals surface area contributed by atoms with Crippen molar-refractivity contribution in [2.24, 2.45) is 0 Å². The lowest BCUT2D eigenvalue weighted by atomic mass is 10.1. The molecule has 0 bridgehead atoms. The van der Waals surface area contributed by atoms with Gasteiger partial charge in [-0.3, -0.25) is 14.9 Å². The number of benzene rings is 1. The maximum atomic E-state index is 11.2. The number of ether oxygens (including phenoxy) is 1. The van der Waals surface area contributed by atoms with Gasteiger partial charge in [0.1, 0.15) is 6.61 Å². The molecule has 0 radical (unpaired) electrons. The van der Waals surface area contributed by atoms with Crippen molar-refractivity contribution in [1.82, 2.24) is 10.6 Å². The molecule has 0 saturated heterocycles. The Bertz CT molecular complexity index is 459. The highest BCUT2D eigenvalue weighted by Gasteiger charge is 2.15. The average Bonchev–Trinajstić information content (AvgIpc) is 2.34. The molecule has 0 spiro atoms. The third kappa shape index (κ3) is 5.67. The number of carbonyl (C=O) groups is 3. The van der Waals surface area contributed by atoms with E-state index in [2.05, 4.69) is 5.32 Å². The second-order valence-electron chi connectivity index (χ2n) is 3.94. The minimum Gasteiger partial charge on any atom is -0.447 e. The Hall–Kier alpha value is -2.37. The molecule has 0 aliphatic heterocycles. The minimum absolute atomic E-state index is 0.0529. The van der Waals surface area contributed by atoms with Crippen molar-refractivity contribution < 1.29 is 19.1 Å². The van der Waals surface area contributed by atoms with Crippen LogP contribution in [-0.4, -0.2) is 24.5 Å². The van der Waals surface area contributed by atoms with E-state index in [1.165, 1.54) is 13.8 Å². The van der Waals surface area contributed by atoms with Crippen molar-refractivity contribution >= 4 is 17.9 Å². The predicted octanol–water partition coefficient (Wildman–Crippen LogP) is 1.14. The monoisotopic (exact) mass is 264 g/mol. The molecular formula is C13H16N2O4. The third-order valence-electron chi connectivity index (χ3n) is 2.24. The molecule has 19 heavy (non-hydrogen) atoms. The van der Waals surface area contributed by atoms with Crippen LogP contribution in [0.4, 0.5) is 4.79 Å². The third-order valence-corrected chi connectivity index (χ3v) is 2.24. The van der Waals surface area contributed by atoms with E-state index in [1.54, 1.807) is 0 Å². The molecule has 3 amide bonds. The highest BCUT2D eigenvalue weighted by molar-refractivity contribution is 5.90. The zero-order valence-electron chi connectivity index (χ0n) is 10.8. The molecular weight excluding hydrogens is 248 g/mol. The summed E-state index contributed by atoms with van der Waals surface area (Å²) < 4.78 is 4.88. The first kappa shape index (κ1) is 14.7. The molecule has 1 atom stereocenters. The van der Waals surface area contributed by atoms with Gasteiger partial charge in [-0.25, -0.2) is 4.79 Å². The van der Waals surface area contributed by atoms with Crippen molar-refractivity contribution in [2.45, 2.75) is 19.9 Å². The molecule has 0 aliphatic rings. The van der Waals surface area contributed by atoms with Gasteiger partial charge in [0.05, 0.1) is 6.04 Å². The number of nitrogens with one attached hydrogen (secondary N) is 2. The van der Waals surface area contributed by atoms with E-state index in [0.29, 0.717) is 0 Å². The van der Waals surface area contributed by atoms with Crippen LogP contribution in [-0.2, 0) is 14.3 Å². The Kier molecular flexibility index (Phi) is 5.53. The van der Waals surface area contributed by atoms with Crippen LogP contribution in [0.15, 0.2) is 30.3 Å². The van der Waals surface area contributed by atoms with Crippen molar-refractivity contribution in [3.63, 3.8) is 0 Å². The number of alkyl carbamates (subject to hydrolysis) is 1. The first-order valence-corrected chi connectivity index (χ1v) is 5.75. The standard InChI is InChI=1S/C13H16N2O4/c1-9(16)14-12(11-6-4-3-5-7-11)8-19-13(18)15-10(2)17/h3-7,12H,8H2,1-2H3,(H,14,16)(H,15,17,18). The number of carbonyl (C=O) groups excluding carboxylic acids is 3. The van der Waals surface area contributed by atoms with E-state index in [1.807, 2.05) is 35.6 Å². The van der Waals surface area contributed by atoms with Crippen LogP contribution in [0.5, 0.6) is 0 Å². The Labute approximate surface area is 111 Å².